The number of carbonyl (C=O) groups is 3. The van der Waals surface area contributed by atoms with Crippen LogP contribution in [0.3, 0.4) is 0 Å². The molecule has 0 unspecified atom stereocenters. The van der Waals surface area contributed by atoms with Crippen LogP contribution in [0.5, 0.6) is 0 Å². The van der Waals surface area contributed by atoms with Crippen molar-refractivity contribution in [2.75, 3.05) is 31.5 Å². The second-order valence-corrected chi connectivity index (χ2v) is 11.6. The van der Waals surface area contributed by atoms with E-state index in [9.17, 15) is 32.7 Å². The normalized spacial score (nSPS) is 16.7. The second-order valence-electron chi connectivity index (χ2n) is 11.6. The van der Waals surface area contributed by atoms with Gasteiger partial charge in [-0.3, -0.25) is 19.1 Å². The van der Waals surface area contributed by atoms with E-state index in [1.165, 1.54) is 24.9 Å². The monoisotopic (exact) mass is 644 g/mol. The quantitative estimate of drug-likeness (QED) is 0.390. The van der Waals surface area contributed by atoms with Crippen LogP contribution in [0, 0.1) is 24.1 Å². The maximum atomic E-state index is 15.3. The van der Waals surface area contributed by atoms with E-state index < -0.39 is 41.6 Å². The molecule has 1 saturated carbocycles. The first-order valence-corrected chi connectivity index (χ1v) is 14.7. The number of nitrogens with zero attached hydrogens (tertiary/aromatic N) is 7. The smallest absolute Gasteiger partial charge is 0.380 e. The Labute approximate surface area is 261 Å². The molecular formula is C30H32F4N8O4. The van der Waals surface area contributed by atoms with Gasteiger partial charge in [0.2, 0.25) is 0 Å². The topological polar surface area (TPSA) is 149 Å². The fraction of sp³-hybridized carbons (Fsp3) is 0.467. The third-order valence-corrected chi connectivity index (χ3v) is 8.42. The van der Waals surface area contributed by atoms with Gasteiger partial charge in [-0.25, -0.2) is 9.37 Å². The Bertz CT molecular complexity index is 1690. The maximum absolute atomic E-state index is 15.3. The summed E-state index contributed by atoms with van der Waals surface area (Å²) in [5.74, 6) is -2.93. The van der Waals surface area contributed by atoms with Crippen LogP contribution in [0.15, 0.2) is 24.5 Å². The third kappa shape index (κ3) is 6.32. The number of hydrogen-bond donors (Lipinski definition) is 2. The van der Waals surface area contributed by atoms with Crippen LogP contribution in [0.1, 0.15) is 64.3 Å². The molecule has 3 aromatic rings. The molecule has 1 aromatic carbocycles. The highest BCUT2D eigenvalue weighted by atomic mass is 19.4. The molecule has 5 rings (SSSR count). The van der Waals surface area contributed by atoms with Crippen molar-refractivity contribution in [2.24, 2.45) is 7.05 Å². The molecule has 0 radical (unpaired) electrons. The maximum Gasteiger partial charge on any atom is 0.435 e. The summed E-state index contributed by atoms with van der Waals surface area (Å²) in [6.45, 7) is 1.81. The van der Waals surface area contributed by atoms with Gasteiger partial charge in [0.1, 0.15) is 18.0 Å². The lowest BCUT2D eigenvalue weighted by atomic mass is 9.83. The SMILES string of the molecule is Cc1cc(NC(=O)c2ncc(-c3cn(CC#N)nc3C(F)(F)F)n2C)cc(F)c1C(=O)N1CCN(C(=O)C2(O)CCCCC2)CC1. The molecule has 2 aromatic heterocycles. The van der Waals surface area contributed by atoms with Gasteiger partial charge in [-0.2, -0.15) is 23.5 Å². The fourth-order valence-corrected chi connectivity index (χ4v) is 6.03. The summed E-state index contributed by atoms with van der Waals surface area (Å²) in [4.78, 5) is 46.2. The minimum absolute atomic E-state index is 0.00457. The molecule has 1 aliphatic heterocycles. The summed E-state index contributed by atoms with van der Waals surface area (Å²) in [6, 6.07) is 4.08. The number of halogens is 4. The van der Waals surface area contributed by atoms with E-state index in [0.717, 1.165) is 47.0 Å². The molecule has 3 amide bonds. The van der Waals surface area contributed by atoms with Gasteiger partial charge >= 0.3 is 6.18 Å². The standard InChI is InChI=1S/C30H32F4N8O4/c1-18-14-19(37-26(43)25-36-16-22(39(25)2)20-17-42(9-8-35)38-24(20)30(32,33)34)15-21(31)23(18)27(44)40-10-12-41(13-11-40)28(45)29(46)6-4-3-5-7-29/h14-17,46H,3-7,9-13H2,1-2H3,(H,37,43). The van der Waals surface area contributed by atoms with E-state index >= 15 is 4.39 Å². The van der Waals surface area contributed by atoms with E-state index in [0.29, 0.717) is 12.8 Å². The van der Waals surface area contributed by atoms with Crippen LogP contribution in [0.4, 0.5) is 23.2 Å². The summed E-state index contributed by atoms with van der Waals surface area (Å²) in [7, 11) is 1.33. The van der Waals surface area contributed by atoms with Crippen molar-refractivity contribution < 1.29 is 37.1 Å². The van der Waals surface area contributed by atoms with E-state index in [1.54, 1.807) is 11.0 Å². The number of alkyl halides is 3. The first-order chi connectivity index (χ1) is 21.7. The Kier molecular flexibility index (Phi) is 8.89. The van der Waals surface area contributed by atoms with Crippen LogP contribution in [-0.2, 0) is 24.6 Å². The molecule has 46 heavy (non-hydrogen) atoms. The highest BCUT2D eigenvalue weighted by Gasteiger charge is 2.41. The summed E-state index contributed by atoms with van der Waals surface area (Å²) < 4.78 is 58.2. The van der Waals surface area contributed by atoms with Gasteiger partial charge < -0.3 is 24.8 Å². The number of amides is 3. The Morgan fingerprint density at radius 3 is 2.35 bits per heavy atom. The summed E-state index contributed by atoms with van der Waals surface area (Å²) in [6.07, 6.45) is 0.612. The average Bonchev–Trinajstić information content (AvgIpc) is 3.60. The highest BCUT2D eigenvalue weighted by molar-refractivity contribution is 6.03. The van der Waals surface area contributed by atoms with Crippen molar-refractivity contribution >= 4 is 23.4 Å². The molecule has 16 heteroatoms. The van der Waals surface area contributed by atoms with Crippen molar-refractivity contribution in [2.45, 2.75) is 57.3 Å². The highest BCUT2D eigenvalue weighted by Crippen LogP contribution is 2.36. The van der Waals surface area contributed by atoms with E-state index in [-0.39, 0.29) is 66.0 Å². The average molecular weight is 645 g/mol. The van der Waals surface area contributed by atoms with Gasteiger partial charge in [-0.1, -0.05) is 19.3 Å². The number of nitriles is 1. The number of piperazine rings is 1. The summed E-state index contributed by atoms with van der Waals surface area (Å²) in [5.41, 5.74) is -3.05. The summed E-state index contributed by atoms with van der Waals surface area (Å²) in [5, 5.41) is 25.6. The van der Waals surface area contributed by atoms with Crippen LogP contribution >= 0.6 is 0 Å². The van der Waals surface area contributed by atoms with E-state index in [1.807, 2.05) is 0 Å². The Hall–Kier alpha value is -4.78. The fourth-order valence-electron chi connectivity index (χ4n) is 6.03. The number of aliphatic hydroxyl groups is 1. The number of aromatic nitrogens is 4. The van der Waals surface area contributed by atoms with Gasteiger partial charge in [0.05, 0.1) is 29.1 Å². The number of benzene rings is 1. The lowest BCUT2D eigenvalue weighted by molar-refractivity contribution is -0.156. The number of carbonyl (C=O) groups excluding carboxylic acids is 3. The first-order valence-electron chi connectivity index (χ1n) is 14.7. The minimum Gasteiger partial charge on any atom is -0.380 e. The lowest BCUT2D eigenvalue weighted by Crippen LogP contribution is -2.57. The molecule has 0 bridgehead atoms. The molecule has 1 aliphatic carbocycles. The van der Waals surface area contributed by atoms with E-state index in [4.69, 9.17) is 5.26 Å². The number of rotatable bonds is 6. The summed E-state index contributed by atoms with van der Waals surface area (Å²) >= 11 is 0. The van der Waals surface area contributed by atoms with Crippen LogP contribution in [0.2, 0.25) is 0 Å². The van der Waals surface area contributed by atoms with Crippen LogP contribution in [-0.4, -0.2) is 83.7 Å². The van der Waals surface area contributed by atoms with Crippen molar-refractivity contribution in [3.05, 3.63) is 53.0 Å². The molecule has 2 fully saturated rings. The zero-order valence-electron chi connectivity index (χ0n) is 25.2. The lowest BCUT2D eigenvalue weighted by Gasteiger charge is -2.40. The zero-order valence-corrected chi connectivity index (χ0v) is 25.2. The van der Waals surface area contributed by atoms with Crippen molar-refractivity contribution in [3.63, 3.8) is 0 Å². The number of aryl methyl sites for hydroxylation is 1. The largest absolute Gasteiger partial charge is 0.435 e. The Morgan fingerprint density at radius 2 is 1.74 bits per heavy atom. The zero-order chi connectivity index (χ0) is 33.4. The molecule has 0 spiro atoms. The van der Waals surface area contributed by atoms with Gasteiger partial charge in [0.25, 0.3) is 17.7 Å². The predicted octanol–water partition coefficient (Wildman–Crippen LogP) is 3.51. The molecule has 2 aliphatic rings. The van der Waals surface area contributed by atoms with Crippen molar-refractivity contribution in [1.82, 2.24) is 29.1 Å². The Balaban J connectivity index is 1.27. The molecule has 1 saturated heterocycles. The molecular weight excluding hydrogens is 612 g/mol. The van der Waals surface area contributed by atoms with E-state index in [2.05, 4.69) is 15.4 Å². The number of imidazole rings is 1. The molecule has 12 nitrogen and oxygen atoms in total. The number of hydrogen-bond acceptors (Lipinski definition) is 7. The third-order valence-electron chi connectivity index (χ3n) is 8.42. The Morgan fingerprint density at radius 1 is 1.09 bits per heavy atom. The predicted molar refractivity (Wildman–Crippen MR) is 155 cm³/mol. The molecule has 244 valence electrons. The minimum atomic E-state index is -4.83. The molecule has 0 atom stereocenters. The second kappa shape index (κ2) is 12.5. The van der Waals surface area contributed by atoms with Gasteiger partial charge in [-0.15, -0.1) is 0 Å². The number of anilines is 1. The van der Waals surface area contributed by atoms with Crippen LogP contribution in [0.25, 0.3) is 11.3 Å². The van der Waals surface area contributed by atoms with Crippen molar-refractivity contribution in [3.8, 4) is 17.3 Å². The van der Waals surface area contributed by atoms with Crippen molar-refractivity contribution in [1.29, 1.82) is 5.26 Å². The van der Waals surface area contributed by atoms with Gasteiger partial charge in [-0.05, 0) is 37.5 Å². The first kappa shape index (κ1) is 32.6. The van der Waals surface area contributed by atoms with Gasteiger partial charge in [0, 0.05) is 45.1 Å². The molecule has 3 heterocycles. The molecule has 2 N–H and O–H groups in total. The van der Waals surface area contributed by atoms with Crippen LogP contribution < -0.4 is 5.32 Å². The number of nitrogens with one attached hydrogen (secondary N) is 1. The van der Waals surface area contributed by atoms with Gasteiger partial charge in [0.15, 0.2) is 11.5 Å².